The van der Waals surface area contributed by atoms with Gasteiger partial charge in [-0.3, -0.25) is 10.1 Å². The van der Waals surface area contributed by atoms with E-state index < -0.39 is 6.29 Å². The van der Waals surface area contributed by atoms with Crippen LogP contribution in [0, 0.1) is 12.8 Å². The quantitative estimate of drug-likeness (QED) is 0.633. The van der Waals surface area contributed by atoms with Crippen molar-refractivity contribution in [1.29, 1.82) is 0 Å². The number of amides is 1. The summed E-state index contributed by atoms with van der Waals surface area (Å²) in [6.45, 7) is 3.81. The summed E-state index contributed by atoms with van der Waals surface area (Å²) in [5.74, 6) is 0.707. The van der Waals surface area contributed by atoms with E-state index in [2.05, 4.69) is 25.9 Å². The van der Waals surface area contributed by atoms with Crippen LogP contribution in [0.5, 0.6) is 5.75 Å². The highest BCUT2D eigenvalue weighted by Crippen LogP contribution is 2.26. The molecule has 4 N–H and O–H groups in total. The second kappa shape index (κ2) is 7.20. The molecule has 3 rings (SSSR count). The number of nitrogens with zero attached hydrogens (tertiary/aromatic N) is 2. The maximum Gasteiger partial charge on any atom is 0.227 e. The van der Waals surface area contributed by atoms with Gasteiger partial charge in [-0.2, -0.15) is 0 Å². The zero-order valence-electron chi connectivity index (χ0n) is 14.5. The molecule has 2 heterocycles. The van der Waals surface area contributed by atoms with Crippen molar-refractivity contribution in [3.05, 3.63) is 23.9 Å². The molecule has 1 aliphatic heterocycles. The summed E-state index contributed by atoms with van der Waals surface area (Å²) in [5, 5.41) is 19.2. The van der Waals surface area contributed by atoms with Crippen molar-refractivity contribution >= 4 is 22.8 Å². The van der Waals surface area contributed by atoms with Crippen LogP contribution < -0.4 is 20.7 Å². The zero-order chi connectivity index (χ0) is 18.0. The molecule has 3 atom stereocenters. The van der Waals surface area contributed by atoms with Crippen molar-refractivity contribution in [2.45, 2.75) is 32.6 Å². The Morgan fingerprint density at radius 2 is 2.16 bits per heavy atom. The Bertz CT molecular complexity index is 782. The minimum atomic E-state index is -0.482. The van der Waals surface area contributed by atoms with Gasteiger partial charge >= 0.3 is 0 Å². The molecule has 134 valence electrons. The minimum Gasteiger partial charge on any atom is -0.494 e. The Hall–Kier alpha value is -2.45. The fraction of sp³-hybridized carbons (Fsp3) is 0.471. The van der Waals surface area contributed by atoms with Crippen LogP contribution in [0.25, 0.3) is 10.9 Å². The summed E-state index contributed by atoms with van der Waals surface area (Å²) in [6.07, 6.45) is -0.0563. The lowest BCUT2D eigenvalue weighted by molar-refractivity contribution is -0.129. The van der Waals surface area contributed by atoms with Crippen LogP contribution in [-0.2, 0) is 4.79 Å². The molecule has 1 aromatic carbocycles. The summed E-state index contributed by atoms with van der Waals surface area (Å²) >= 11 is 0. The number of hydrogen-bond donors (Lipinski definition) is 4. The van der Waals surface area contributed by atoms with Gasteiger partial charge in [0, 0.05) is 18.0 Å². The van der Waals surface area contributed by atoms with Crippen LogP contribution >= 0.6 is 0 Å². The SMILES string of the molecule is COc1cccc2c(C)nc(NC3NC(=O)C(CCO)C(C)N3)nc12. The Morgan fingerprint density at radius 1 is 1.36 bits per heavy atom. The van der Waals surface area contributed by atoms with Crippen molar-refractivity contribution < 1.29 is 14.6 Å². The lowest BCUT2D eigenvalue weighted by atomic mass is 9.95. The van der Waals surface area contributed by atoms with E-state index in [-0.39, 0.29) is 24.5 Å². The minimum absolute atomic E-state index is 0.0189. The van der Waals surface area contributed by atoms with E-state index in [9.17, 15) is 4.79 Å². The highest BCUT2D eigenvalue weighted by molar-refractivity contribution is 5.87. The van der Waals surface area contributed by atoms with Crippen molar-refractivity contribution in [1.82, 2.24) is 20.6 Å². The predicted octanol–water partition coefficient (Wildman–Crippen LogP) is 0.749. The lowest BCUT2D eigenvalue weighted by Crippen LogP contribution is -2.63. The first-order valence-corrected chi connectivity index (χ1v) is 8.28. The van der Waals surface area contributed by atoms with Gasteiger partial charge in [0.15, 0.2) is 6.29 Å². The highest BCUT2D eigenvalue weighted by atomic mass is 16.5. The normalized spacial score (nSPS) is 23.4. The Kier molecular flexibility index (Phi) is 5.00. The van der Waals surface area contributed by atoms with Gasteiger partial charge in [0.2, 0.25) is 11.9 Å². The number of methoxy groups -OCH3 is 1. The van der Waals surface area contributed by atoms with E-state index >= 15 is 0 Å². The van der Waals surface area contributed by atoms with Crippen LogP contribution in [0.15, 0.2) is 18.2 Å². The number of anilines is 1. The molecule has 2 aromatic rings. The Morgan fingerprint density at radius 3 is 2.84 bits per heavy atom. The van der Waals surface area contributed by atoms with Gasteiger partial charge in [0.25, 0.3) is 0 Å². The maximum absolute atomic E-state index is 12.2. The molecule has 8 heteroatoms. The van der Waals surface area contributed by atoms with Gasteiger partial charge in [0.05, 0.1) is 18.7 Å². The molecule has 1 amide bonds. The second-order valence-corrected chi connectivity index (χ2v) is 6.15. The van der Waals surface area contributed by atoms with Crippen LogP contribution in [0.1, 0.15) is 19.0 Å². The molecule has 0 radical (unpaired) electrons. The fourth-order valence-corrected chi connectivity index (χ4v) is 3.13. The van der Waals surface area contributed by atoms with E-state index in [1.165, 1.54) is 0 Å². The van der Waals surface area contributed by atoms with Crippen LogP contribution in [0.2, 0.25) is 0 Å². The van der Waals surface area contributed by atoms with E-state index in [1.807, 2.05) is 32.0 Å². The molecular weight excluding hydrogens is 322 g/mol. The summed E-state index contributed by atoms with van der Waals surface area (Å²) in [6, 6.07) is 5.62. The Balaban J connectivity index is 1.83. The zero-order valence-corrected chi connectivity index (χ0v) is 14.5. The third-order valence-corrected chi connectivity index (χ3v) is 4.47. The number of benzene rings is 1. The molecule has 1 aromatic heterocycles. The lowest BCUT2D eigenvalue weighted by Gasteiger charge is -2.35. The summed E-state index contributed by atoms with van der Waals surface area (Å²) in [7, 11) is 1.60. The van der Waals surface area contributed by atoms with E-state index in [0.717, 1.165) is 11.1 Å². The van der Waals surface area contributed by atoms with Gasteiger partial charge in [-0.1, -0.05) is 12.1 Å². The number of fused-ring (bicyclic) bond motifs is 1. The number of aromatic nitrogens is 2. The van der Waals surface area contributed by atoms with Gasteiger partial charge in [0.1, 0.15) is 11.3 Å². The first kappa shape index (κ1) is 17.4. The number of aliphatic hydroxyl groups excluding tert-OH is 1. The largest absolute Gasteiger partial charge is 0.494 e. The van der Waals surface area contributed by atoms with Crippen molar-refractivity contribution in [3.63, 3.8) is 0 Å². The highest BCUT2D eigenvalue weighted by Gasteiger charge is 2.33. The molecule has 1 aliphatic rings. The number of nitrogens with one attached hydrogen (secondary N) is 3. The molecule has 0 saturated carbocycles. The third kappa shape index (κ3) is 3.49. The first-order valence-electron chi connectivity index (χ1n) is 8.28. The average molecular weight is 345 g/mol. The summed E-state index contributed by atoms with van der Waals surface area (Å²) < 4.78 is 5.38. The maximum atomic E-state index is 12.2. The van der Waals surface area contributed by atoms with Gasteiger partial charge in [-0.05, 0) is 26.3 Å². The Labute approximate surface area is 146 Å². The number of carbonyl (C=O) groups is 1. The van der Waals surface area contributed by atoms with E-state index in [0.29, 0.717) is 23.6 Å². The summed E-state index contributed by atoms with van der Waals surface area (Å²) in [5.41, 5.74) is 1.54. The molecule has 3 unspecified atom stereocenters. The monoisotopic (exact) mass is 345 g/mol. The van der Waals surface area contributed by atoms with E-state index in [1.54, 1.807) is 7.11 Å². The number of rotatable bonds is 5. The number of hydrogen-bond acceptors (Lipinski definition) is 7. The average Bonchev–Trinajstić information content (AvgIpc) is 2.58. The topological polar surface area (TPSA) is 108 Å². The molecule has 0 aliphatic carbocycles. The predicted molar refractivity (Wildman–Crippen MR) is 94.2 cm³/mol. The van der Waals surface area contributed by atoms with Gasteiger partial charge in [-0.15, -0.1) is 0 Å². The third-order valence-electron chi connectivity index (χ3n) is 4.47. The molecule has 8 nitrogen and oxygen atoms in total. The first-order chi connectivity index (χ1) is 12.0. The molecular formula is C17H23N5O3. The number of carbonyl (C=O) groups excluding carboxylic acids is 1. The van der Waals surface area contributed by atoms with Crippen LogP contribution in [0.4, 0.5) is 5.95 Å². The number of para-hydroxylation sites is 1. The van der Waals surface area contributed by atoms with Crippen LogP contribution in [0.3, 0.4) is 0 Å². The molecule has 1 saturated heterocycles. The van der Waals surface area contributed by atoms with Crippen molar-refractivity contribution in [2.75, 3.05) is 19.0 Å². The number of aryl methyl sites for hydroxylation is 1. The summed E-state index contributed by atoms with van der Waals surface area (Å²) in [4.78, 5) is 21.2. The van der Waals surface area contributed by atoms with Gasteiger partial charge < -0.3 is 20.5 Å². The molecule has 0 spiro atoms. The smallest absolute Gasteiger partial charge is 0.227 e. The molecule has 1 fully saturated rings. The van der Waals surface area contributed by atoms with Crippen LogP contribution in [-0.4, -0.2) is 47.0 Å². The number of ether oxygens (including phenoxy) is 1. The van der Waals surface area contributed by atoms with E-state index in [4.69, 9.17) is 9.84 Å². The van der Waals surface area contributed by atoms with Crippen molar-refractivity contribution in [2.24, 2.45) is 5.92 Å². The van der Waals surface area contributed by atoms with Gasteiger partial charge in [-0.25, -0.2) is 9.97 Å². The second-order valence-electron chi connectivity index (χ2n) is 6.15. The fourth-order valence-electron chi connectivity index (χ4n) is 3.13. The molecule has 0 bridgehead atoms. The van der Waals surface area contributed by atoms with Crippen molar-refractivity contribution in [3.8, 4) is 5.75 Å². The molecule has 25 heavy (non-hydrogen) atoms. The standard InChI is InChI=1S/C17H23N5O3/c1-9-11-5-4-6-13(25-3)14(11)20-16(18-9)22-17-19-10(2)12(7-8-23)15(24)21-17/h4-6,10,12,17,19,23H,7-8H2,1-3H3,(H,21,24)(H,18,20,22). The number of aliphatic hydroxyl groups is 1.